The first-order valence-electron chi connectivity index (χ1n) is 5.47. The predicted octanol–water partition coefficient (Wildman–Crippen LogP) is 1.70. The number of pyridine rings is 1. The topological polar surface area (TPSA) is 77.0 Å². The molecule has 0 bridgehead atoms. The van der Waals surface area contributed by atoms with Crippen LogP contribution in [0.5, 0.6) is 0 Å². The largest absolute Gasteiger partial charge is 0.383 e. The van der Waals surface area contributed by atoms with E-state index in [2.05, 4.69) is 24.3 Å². The van der Waals surface area contributed by atoms with E-state index < -0.39 is 0 Å². The minimum absolute atomic E-state index is 0.0627. The highest BCUT2D eigenvalue weighted by Crippen LogP contribution is 2.24. The Balaban J connectivity index is 2.64. The highest BCUT2D eigenvalue weighted by molar-refractivity contribution is 7.99. The summed E-state index contributed by atoms with van der Waals surface area (Å²) in [6.07, 6.45) is 2.85. The molecule has 0 aromatic carbocycles. The van der Waals surface area contributed by atoms with Gasteiger partial charge in [0.25, 0.3) is 0 Å². The van der Waals surface area contributed by atoms with Crippen LogP contribution in [0.3, 0.4) is 0 Å². The molecule has 0 aliphatic rings. The van der Waals surface area contributed by atoms with Gasteiger partial charge in [0.05, 0.1) is 6.04 Å². The van der Waals surface area contributed by atoms with E-state index in [-0.39, 0.29) is 6.04 Å². The molecule has 2 unspecified atom stereocenters. The SMILES string of the molecule is CCC(C)SCC(NN)c1cccnc1N. The molecule has 1 rings (SSSR count). The summed E-state index contributed by atoms with van der Waals surface area (Å²) in [5.74, 6) is 7.01. The fourth-order valence-corrected chi connectivity index (χ4v) is 2.36. The summed E-state index contributed by atoms with van der Waals surface area (Å²) in [4.78, 5) is 4.07. The molecular formula is C11H20N4S. The molecule has 0 saturated carbocycles. The van der Waals surface area contributed by atoms with Crippen molar-refractivity contribution in [1.29, 1.82) is 0 Å². The molecule has 16 heavy (non-hydrogen) atoms. The predicted molar refractivity (Wildman–Crippen MR) is 70.9 cm³/mol. The zero-order chi connectivity index (χ0) is 12.0. The Morgan fingerprint density at radius 3 is 2.88 bits per heavy atom. The van der Waals surface area contributed by atoms with Crippen LogP contribution in [0, 0.1) is 0 Å². The first kappa shape index (κ1) is 13.3. The second-order valence-corrected chi connectivity index (χ2v) is 5.22. The summed E-state index contributed by atoms with van der Waals surface area (Å²) in [5.41, 5.74) is 9.59. The third-order valence-electron chi connectivity index (χ3n) is 2.57. The number of nitrogens with zero attached hydrogens (tertiary/aromatic N) is 1. The first-order valence-corrected chi connectivity index (χ1v) is 6.52. The number of nitrogens with two attached hydrogens (primary N) is 2. The molecule has 0 radical (unpaired) electrons. The number of anilines is 1. The van der Waals surface area contributed by atoms with Gasteiger partial charge in [0, 0.05) is 22.8 Å². The van der Waals surface area contributed by atoms with Crippen LogP contribution in [-0.4, -0.2) is 16.0 Å². The Morgan fingerprint density at radius 1 is 1.56 bits per heavy atom. The van der Waals surface area contributed by atoms with Gasteiger partial charge in [-0.25, -0.2) is 4.98 Å². The van der Waals surface area contributed by atoms with Gasteiger partial charge in [-0.15, -0.1) is 0 Å². The maximum absolute atomic E-state index is 5.82. The summed E-state index contributed by atoms with van der Waals surface area (Å²) < 4.78 is 0. The van der Waals surface area contributed by atoms with Gasteiger partial charge in [0.15, 0.2) is 0 Å². The number of hydrogen-bond acceptors (Lipinski definition) is 5. The Labute approximate surface area is 101 Å². The van der Waals surface area contributed by atoms with E-state index in [0.717, 1.165) is 17.7 Å². The lowest BCUT2D eigenvalue weighted by Crippen LogP contribution is -2.30. The van der Waals surface area contributed by atoms with E-state index >= 15 is 0 Å². The zero-order valence-electron chi connectivity index (χ0n) is 9.81. The Bertz CT molecular complexity index is 319. The second kappa shape index (κ2) is 6.73. The van der Waals surface area contributed by atoms with Crippen molar-refractivity contribution in [1.82, 2.24) is 10.4 Å². The number of hydrazine groups is 1. The molecule has 1 aromatic heterocycles. The van der Waals surface area contributed by atoms with Crippen LogP contribution in [0.15, 0.2) is 18.3 Å². The highest BCUT2D eigenvalue weighted by atomic mass is 32.2. The number of thioether (sulfide) groups is 1. The average Bonchev–Trinajstić information content (AvgIpc) is 2.31. The van der Waals surface area contributed by atoms with E-state index in [4.69, 9.17) is 11.6 Å². The minimum Gasteiger partial charge on any atom is -0.383 e. The van der Waals surface area contributed by atoms with Crippen LogP contribution in [-0.2, 0) is 0 Å². The Morgan fingerprint density at radius 2 is 2.31 bits per heavy atom. The summed E-state index contributed by atoms with van der Waals surface area (Å²) in [5, 5.41) is 0.633. The summed E-state index contributed by atoms with van der Waals surface area (Å²) in [6, 6.07) is 3.90. The Kier molecular flexibility index (Phi) is 5.59. The average molecular weight is 240 g/mol. The van der Waals surface area contributed by atoms with Gasteiger partial charge in [-0.2, -0.15) is 11.8 Å². The molecule has 5 N–H and O–H groups in total. The molecule has 0 spiro atoms. The quantitative estimate of drug-likeness (QED) is 0.521. The third kappa shape index (κ3) is 3.66. The first-order chi connectivity index (χ1) is 7.69. The van der Waals surface area contributed by atoms with Crippen LogP contribution < -0.4 is 17.0 Å². The normalized spacial score (nSPS) is 14.7. The van der Waals surface area contributed by atoms with Crippen molar-refractivity contribution in [2.75, 3.05) is 11.5 Å². The number of nitrogens with one attached hydrogen (secondary N) is 1. The van der Waals surface area contributed by atoms with Gasteiger partial charge in [-0.05, 0) is 12.5 Å². The van der Waals surface area contributed by atoms with Crippen molar-refractivity contribution in [3.63, 3.8) is 0 Å². The van der Waals surface area contributed by atoms with E-state index in [1.807, 2.05) is 23.9 Å². The van der Waals surface area contributed by atoms with Crippen molar-refractivity contribution in [3.8, 4) is 0 Å². The lowest BCUT2D eigenvalue weighted by Gasteiger charge is -2.18. The van der Waals surface area contributed by atoms with Gasteiger partial charge < -0.3 is 5.73 Å². The summed E-state index contributed by atoms with van der Waals surface area (Å²) in [7, 11) is 0. The highest BCUT2D eigenvalue weighted by Gasteiger charge is 2.14. The molecule has 0 fully saturated rings. The minimum atomic E-state index is 0.0627. The van der Waals surface area contributed by atoms with E-state index in [9.17, 15) is 0 Å². The molecule has 0 amide bonds. The number of rotatable bonds is 6. The van der Waals surface area contributed by atoms with Gasteiger partial charge in [-0.1, -0.05) is 19.9 Å². The monoisotopic (exact) mass is 240 g/mol. The van der Waals surface area contributed by atoms with Gasteiger partial charge in [-0.3, -0.25) is 11.3 Å². The van der Waals surface area contributed by atoms with Crippen LogP contribution in [0.1, 0.15) is 31.9 Å². The smallest absolute Gasteiger partial charge is 0.128 e. The molecule has 90 valence electrons. The van der Waals surface area contributed by atoms with Crippen LogP contribution in [0.25, 0.3) is 0 Å². The van der Waals surface area contributed by atoms with Crippen LogP contribution in [0.2, 0.25) is 0 Å². The fourth-order valence-electron chi connectivity index (χ4n) is 1.33. The lowest BCUT2D eigenvalue weighted by atomic mass is 10.1. The molecule has 1 aromatic rings. The van der Waals surface area contributed by atoms with Crippen molar-refractivity contribution < 1.29 is 0 Å². The summed E-state index contributed by atoms with van der Waals surface area (Å²) >= 11 is 1.89. The molecule has 0 aliphatic heterocycles. The lowest BCUT2D eigenvalue weighted by molar-refractivity contribution is 0.609. The maximum Gasteiger partial charge on any atom is 0.128 e. The van der Waals surface area contributed by atoms with E-state index in [1.165, 1.54) is 0 Å². The fraction of sp³-hybridized carbons (Fsp3) is 0.545. The standard InChI is InChI=1S/C11H20N4S/c1-3-8(2)16-7-10(15-13)9-5-4-6-14-11(9)12/h4-6,8,10,15H,3,7,13H2,1-2H3,(H2,12,14). The second-order valence-electron chi connectivity index (χ2n) is 3.75. The molecule has 5 heteroatoms. The van der Waals surface area contributed by atoms with Crippen LogP contribution in [0.4, 0.5) is 5.82 Å². The van der Waals surface area contributed by atoms with Crippen molar-refractivity contribution in [3.05, 3.63) is 23.9 Å². The van der Waals surface area contributed by atoms with Crippen molar-refractivity contribution in [2.24, 2.45) is 5.84 Å². The third-order valence-corrected chi connectivity index (χ3v) is 4.00. The molecule has 0 aliphatic carbocycles. The van der Waals surface area contributed by atoms with E-state index in [1.54, 1.807) is 6.20 Å². The van der Waals surface area contributed by atoms with Gasteiger partial charge in [0.2, 0.25) is 0 Å². The van der Waals surface area contributed by atoms with Crippen molar-refractivity contribution in [2.45, 2.75) is 31.6 Å². The molecule has 2 atom stereocenters. The van der Waals surface area contributed by atoms with Crippen molar-refractivity contribution >= 4 is 17.6 Å². The Hall–Kier alpha value is -0.780. The number of hydrogen-bond donors (Lipinski definition) is 3. The molecule has 4 nitrogen and oxygen atoms in total. The molecule has 0 saturated heterocycles. The van der Waals surface area contributed by atoms with Crippen LogP contribution >= 0.6 is 11.8 Å². The van der Waals surface area contributed by atoms with E-state index in [0.29, 0.717) is 11.1 Å². The molecular weight excluding hydrogens is 220 g/mol. The number of nitrogen functional groups attached to an aromatic ring is 1. The maximum atomic E-state index is 5.82. The van der Waals surface area contributed by atoms with Gasteiger partial charge >= 0.3 is 0 Å². The molecule has 1 heterocycles. The zero-order valence-corrected chi connectivity index (χ0v) is 10.6. The summed E-state index contributed by atoms with van der Waals surface area (Å²) in [6.45, 7) is 4.39. The number of aromatic nitrogens is 1. The van der Waals surface area contributed by atoms with Gasteiger partial charge in [0.1, 0.15) is 5.82 Å².